The number of anilines is 1. The van der Waals surface area contributed by atoms with Crippen LogP contribution in [0.2, 0.25) is 0 Å². The summed E-state index contributed by atoms with van der Waals surface area (Å²) in [5.74, 6) is 0. The average molecular weight is 290 g/mol. The minimum atomic E-state index is -3.76. The van der Waals surface area contributed by atoms with Crippen molar-refractivity contribution in [1.29, 1.82) is 5.26 Å². The number of para-hydroxylation sites is 1. The molecule has 6 nitrogen and oxygen atoms in total. The molecule has 1 aromatic heterocycles. The van der Waals surface area contributed by atoms with Crippen LogP contribution in [0.4, 0.5) is 5.69 Å². The van der Waals surface area contributed by atoms with E-state index in [9.17, 15) is 8.42 Å². The van der Waals surface area contributed by atoms with Gasteiger partial charge in [-0.2, -0.15) is 13.7 Å². The number of aromatic nitrogens is 2. The summed E-state index contributed by atoms with van der Waals surface area (Å²) in [4.78, 5) is 3.91. The van der Waals surface area contributed by atoms with Crippen LogP contribution < -0.4 is 4.31 Å². The molecule has 0 aliphatic carbocycles. The Morgan fingerprint density at radius 1 is 1.40 bits per heavy atom. The third-order valence-corrected chi connectivity index (χ3v) is 4.62. The van der Waals surface area contributed by atoms with Gasteiger partial charge in [0.25, 0.3) is 10.0 Å². The summed E-state index contributed by atoms with van der Waals surface area (Å²) in [6.45, 7) is 2.54. The van der Waals surface area contributed by atoms with E-state index in [-0.39, 0.29) is 5.03 Å². The van der Waals surface area contributed by atoms with Crippen LogP contribution in [0.25, 0.3) is 0 Å². The Hall–Kier alpha value is -2.33. The molecular weight excluding hydrogens is 276 g/mol. The third kappa shape index (κ3) is 2.38. The number of aryl methyl sites for hydroxylation is 1. The maximum Gasteiger partial charge on any atom is 0.283 e. The Bertz CT molecular complexity index is 759. The molecule has 0 aliphatic heterocycles. The fourth-order valence-electron chi connectivity index (χ4n) is 1.76. The van der Waals surface area contributed by atoms with Crippen LogP contribution >= 0.6 is 0 Å². The first-order valence-corrected chi connectivity index (χ1v) is 7.44. The Kier molecular flexibility index (Phi) is 3.77. The lowest BCUT2D eigenvalue weighted by Gasteiger charge is -2.18. The summed E-state index contributed by atoms with van der Waals surface area (Å²) >= 11 is 0. The molecule has 1 heterocycles. The van der Waals surface area contributed by atoms with Crippen molar-refractivity contribution in [2.45, 2.75) is 18.5 Å². The normalized spacial score (nSPS) is 11.1. The highest BCUT2D eigenvalue weighted by Gasteiger charge is 2.25. The number of nitriles is 1. The first-order valence-electron chi connectivity index (χ1n) is 6.00. The molecule has 0 atom stereocenters. The van der Waals surface area contributed by atoms with E-state index in [4.69, 9.17) is 5.26 Å². The minimum Gasteiger partial charge on any atom is -0.336 e. The van der Waals surface area contributed by atoms with E-state index < -0.39 is 10.0 Å². The molecule has 0 fully saturated rings. The van der Waals surface area contributed by atoms with Gasteiger partial charge in [-0.3, -0.25) is 4.31 Å². The predicted molar refractivity (Wildman–Crippen MR) is 74.6 cm³/mol. The molecule has 0 radical (unpaired) electrons. The fraction of sp³-hybridized carbons (Fsp3) is 0.231. The van der Waals surface area contributed by atoms with Gasteiger partial charge in [0.15, 0.2) is 5.03 Å². The molecule has 2 aromatic rings. The third-order valence-electron chi connectivity index (χ3n) is 2.96. The van der Waals surface area contributed by atoms with Gasteiger partial charge >= 0.3 is 0 Å². The Labute approximate surface area is 118 Å². The quantitative estimate of drug-likeness (QED) is 0.856. The summed E-state index contributed by atoms with van der Waals surface area (Å²) in [7, 11) is -2.35. The van der Waals surface area contributed by atoms with Crippen molar-refractivity contribution >= 4 is 15.7 Å². The predicted octanol–water partition coefficient (Wildman–Crippen LogP) is 1.60. The zero-order chi connectivity index (χ0) is 14.8. The standard InChI is InChI=1S/C13H14N4O2S/c1-3-17-9-13(15-10-17)20(18,19)16(2)12-7-5-4-6-11(12)8-14/h4-7,9-10H,3H2,1-2H3. The van der Waals surface area contributed by atoms with Gasteiger partial charge in [0.1, 0.15) is 6.07 Å². The number of sulfonamides is 1. The van der Waals surface area contributed by atoms with Crippen molar-refractivity contribution < 1.29 is 8.42 Å². The van der Waals surface area contributed by atoms with Crippen LogP contribution in [0.3, 0.4) is 0 Å². The molecule has 0 saturated heterocycles. The highest BCUT2D eigenvalue weighted by molar-refractivity contribution is 7.92. The molecule has 0 spiro atoms. The maximum atomic E-state index is 12.5. The van der Waals surface area contributed by atoms with Gasteiger partial charge in [-0.1, -0.05) is 12.1 Å². The topological polar surface area (TPSA) is 79.0 Å². The number of nitrogens with zero attached hydrogens (tertiary/aromatic N) is 4. The maximum absolute atomic E-state index is 12.5. The summed E-state index contributed by atoms with van der Waals surface area (Å²) in [5.41, 5.74) is 0.634. The van der Waals surface area contributed by atoms with Crippen LogP contribution in [0, 0.1) is 11.3 Å². The van der Waals surface area contributed by atoms with E-state index in [2.05, 4.69) is 4.98 Å². The van der Waals surface area contributed by atoms with E-state index in [0.717, 1.165) is 4.31 Å². The van der Waals surface area contributed by atoms with Crippen molar-refractivity contribution in [2.24, 2.45) is 0 Å². The second-order valence-corrected chi connectivity index (χ2v) is 6.06. The molecule has 0 bridgehead atoms. The summed E-state index contributed by atoms with van der Waals surface area (Å²) in [6, 6.07) is 8.53. The van der Waals surface area contributed by atoms with Gasteiger partial charge in [0.2, 0.25) is 0 Å². The number of hydrogen-bond donors (Lipinski definition) is 0. The largest absolute Gasteiger partial charge is 0.336 e. The Morgan fingerprint density at radius 2 is 2.10 bits per heavy atom. The fourth-order valence-corrected chi connectivity index (χ4v) is 2.91. The molecule has 7 heteroatoms. The van der Waals surface area contributed by atoms with Crippen molar-refractivity contribution in [3.63, 3.8) is 0 Å². The molecule has 0 saturated carbocycles. The lowest BCUT2D eigenvalue weighted by Crippen LogP contribution is -2.27. The SMILES string of the molecule is CCn1cnc(S(=O)(=O)N(C)c2ccccc2C#N)c1. The van der Waals surface area contributed by atoms with Gasteiger partial charge in [0.05, 0.1) is 17.6 Å². The second kappa shape index (κ2) is 5.35. The van der Waals surface area contributed by atoms with E-state index >= 15 is 0 Å². The van der Waals surface area contributed by atoms with Gasteiger partial charge in [-0.25, -0.2) is 4.98 Å². The van der Waals surface area contributed by atoms with E-state index in [0.29, 0.717) is 17.8 Å². The zero-order valence-corrected chi connectivity index (χ0v) is 12.0. The molecule has 0 aliphatic rings. The van der Waals surface area contributed by atoms with Gasteiger partial charge in [-0.05, 0) is 19.1 Å². The van der Waals surface area contributed by atoms with Crippen molar-refractivity contribution in [3.05, 3.63) is 42.4 Å². The van der Waals surface area contributed by atoms with Gasteiger partial charge < -0.3 is 4.57 Å². The first kappa shape index (κ1) is 14.1. The number of hydrogen-bond acceptors (Lipinski definition) is 4. The molecule has 104 valence electrons. The molecule has 0 unspecified atom stereocenters. The number of imidazole rings is 1. The Balaban J connectivity index is 2.46. The minimum absolute atomic E-state index is 0.0328. The lowest BCUT2D eigenvalue weighted by atomic mass is 10.2. The molecule has 20 heavy (non-hydrogen) atoms. The average Bonchev–Trinajstić information content (AvgIpc) is 2.96. The van der Waals surface area contributed by atoms with Gasteiger partial charge in [-0.15, -0.1) is 0 Å². The van der Waals surface area contributed by atoms with Crippen LogP contribution in [0.1, 0.15) is 12.5 Å². The number of rotatable bonds is 4. The first-order chi connectivity index (χ1) is 9.50. The smallest absolute Gasteiger partial charge is 0.283 e. The number of benzene rings is 1. The van der Waals surface area contributed by atoms with Crippen LogP contribution in [0.5, 0.6) is 0 Å². The summed E-state index contributed by atoms with van der Waals surface area (Å²) in [6.07, 6.45) is 2.94. The van der Waals surface area contributed by atoms with Crippen LogP contribution in [-0.4, -0.2) is 25.0 Å². The molecule has 0 N–H and O–H groups in total. The molecule has 0 amide bonds. The van der Waals surface area contributed by atoms with Crippen molar-refractivity contribution in [2.75, 3.05) is 11.4 Å². The molecule has 1 aromatic carbocycles. The second-order valence-electron chi connectivity index (χ2n) is 4.14. The van der Waals surface area contributed by atoms with Gasteiger partial charge in [0, 0.05) is 19.8 Å². The Morgan fingerprint density at radius 3 is 2.70 bits per heavy atom. The monoisotopic (exact) mass is 290 g/mol. The summed E-state index contributed by atoms with van der Waals surface area (Å²) in [5, 5.41) is 9.02. The van der Waals surface area contributed by atoms with Crippen molar-refractivity contribution in [1.82, 2.24) is 9.55 Å². The molecule has 2 rings (SSSR count). The lowest BCUT2D eigenvalue weighted by molar-refractivity contribution is 0.591. The van der Waals surface area contributed by atoms with E-state index in [1.807, 2.05) is 13.0 Å². The van der Waals surface area contributed by atoms with Crippen molar-refractivity contribution in [3.8, 4) is 6.07 Å². The van der Waals surface area contributed by atoms with Crippen LogP contribution in [-0.2, 0) is 16.6 Å². The highest BCUT2D eigenvalue weighted by Crippen LogP contribution is 2.24. The molecular formula is C13H14N4O2S. The highest BCUT2D eigenvalue weighted by atomic mass is 32.2. The zero-order valence-electron chi connectivity index (χ0n) is 11.2. The van der Waals surface area contributed by atoms with E-state index in [1.165, 1.54) is 19.6 Å². The van der Waals surface area contributed by atoms with Crippen LogP contribution in [0.15, 0.2) is 41.8 Å². The summed E-state index contributed by atoms with van der Waals surface area (Å²) < 4.78 is 27.7. The van der Waals surface area contributed by atoms with E-state index in [1.54, 1.807) is 28.8 Å².